The lowest BCUT2D eigenvalue weighted by molar-refractivity contribution is -0.127. The van der Waals surface area contributed by atoms with Crippen molar-refractivity contribution >= 4 is 12.1 Å². The van der Waals surface area contributed by atoms with E-state index in [2.05, 4.69) is 10.5 Å². The van der Waals surface area contributed by atoms with Gasteiger partial charge in [-0.05, 0) is 55.0 Å². The van der Waals surface area contributed by atoms with E-state index in [1.807, 2.05) is 0 Å². The average molecular weight is 334 g/mol. The Morgan fingerprint density at radius 2 is 1.92 bits per heavy atom. The first kappa shape index (κ1) is 17.4. The standard InChI is InChI=1S/C17H16F2N2O3/c1-11(24-14-6-4-13(18)5-7-14)17(22)21-20-10-12-3-8-16(23-2)15(19)9-12/h3-11H,1-2H3,(H,21,22)/b20-10-/t11-/m0/s1. The van der Waals surface area contributed by atoms with Crippen LogP contribution < -0.4 is 14.9 Å². The summed E-state index contributed by atoms with van der Waals surface area (Å²) in [5.74, 6) is -0.932. The lowest BCUT2D eigenvalue weighted by Gasteiger charge is -2.12. The molecule has 5 nitrogen and oxygen atoms in total. The van der Waals surface area contributed by atoms with Gasteiger partial charge < -0.3 is 9.47 Å². The zero-order chi connectivity index (χ0) is 17.5. The molecule has 0 aliphatic heterocycles. The van der Waals surface area contributed by atoms with Gasteiger partial charge in [-0.3, -0.25) is 4.79 Å². The van der Waals surface area contributed by atoms with Crippen molar-refractivity contribution in [3.8, 4) is 11.5 Å². The lowest BCUT2D eigenvalue weighted by Crippen LogP contribution is -2.33. The second-order valence-electron chi connectivity index (χ2n) is 4.84. The maximum Gasteiger partial charge on any atom is 0.280 e. The zero-order valence-electron chi connectivity index (χ0n) is 13.1. The third-order valence-electron chi connectivity index (χ3n) is 3.06. The molecular weight excluding hydrogens is 318 g/mol. The fourth-order valence-electron chi connectivity index (χ4n) is 1.80. The van der Waals surface area contributed by atoms with E-state index in [1.54, 1.807) is 6.07 Å². The van der Waals surface area contributed by atoms with E-state index in [0.717, 1.165) is 0 Å². The Hall–Kier alpha value is -2.96. The van der Waals surface area contributed by atoms with Gasteiger partial charge in [-0.2, -0.15) is 5.10 Å². The van der Waals surface area contributed by atoms with Crippen LogP contribution >= 0.6 is 0 Å². The van der Waals surface area contributed by atoms with E-state index in [4.69, 9.17) is 9.47 Å². The summed E-state index contributed by atoms with van der Waals surface area (Å²) in [5.41, 5.74) is 2.75. The molecule has 24 heavy (non-hydrogen) atoms. The Labute approximate surface area is 137 Å². The minimum absolute atomic E-state index is 0.123. The van der Waals surface area contributed by atoms with E-state index in [0.29, 0.717) is 11.3 Å². The van der Waals surface area contributed by atoms with Crippen LogP contribution in [-0.2, 0) is 4.79 Å². The second kappa shape index (κ2) is 8.05. The van der Waals surface area contributed by atoms with Crippen LogP contribution in [0, 0.1) is 11.6 Å². The summed E-state index contributed by atoms with van der Waals surface area (Å²) in [6, 6.07) is 9.58. The molecule has 0 aliphatic rings. The molecule has 2 rings (SSSR count). The summed E-state index contributed by atoms with van der Waals surface area (Å²) in [6.45, 7) is 1.53. The highest BCUT2D eigenvalue weighted by molar-refractivity contribution is 5.84. The molecule has 1 N–H and O–H groups in total. The van der Waals surface area contributed by atoms with Crippen LogP contribution in [0.5, 0.6) is 11.5 Å². The van der Waals surface area contributed by atoms with Crippen molar-refractivity contribution in [3.63, 3.8) is 0 Å². The first-order valence-electron chi connectivity index (χ1n) is 7.08. The Bertz CT molecular complexity index is 733. The maximum atomic E-state index is 13.5. The molecule has 0 aliphatic carbocycles. The molecule has 126 valence electrons. The molecule has 0 saturated heterocycles. The van der Waals surface area contributed by atoms with Crippen LogP contribution in [0.3, 0.4) is 0 Å². The van der Waals surface area contributed by atoms with Crippen molar-refractivity contribution < 1.29 is 23.0 Å². The Morgan fingerprint density at radius 3 is 2.54 bits per heavy atom. The van der Waals surface area contributed by atoms with Crippen molar-refractivity contribution in [2.45, 2.75) is 13.0 Å². The number of ether oxygens (including phenoxy) is 2. The summed E-state index contributed by atoms with van der Waals surface area (Å²) in [4.78, 5) is 11.9. The predicted octanol–water partition coefficient (Wildman–Crippen LogP) is 2.89. The van der Waals surface area contributed by atoms with Gasteiger partial charge >= 0.3 is 0 Å². The molecule has 0 unspecified atom stereocenters. The summed E-state index contributed by atoms with van der Waals surface area (Å²) >= 11 is 0. The van der Waals surface area contributed by atoms with Crippen molar-refractivity contribution in [2.75, 3.05) is 7.11 Å². The minimum Gasteiger partial charge on any atom is -0.494 e. The molecule has 0 bridgehead atoms. The molecule has 0 heterocycles. The molecule has 0 radical (unpaired) electrons. The Morgan fingerprint density at radius 1 is 1.21 bits per heavy atom. The smallest absolute Gasteiger partial charge is 0.280 e. The minimum atomic E-state index is -0.833. The molecule has 2 aromatic rings. The van der Waals surface area contributed by atoms with Gasteiger partial charge in [-0.1, -0.05) is 0 Å². The third-order valence-corrected chi connectivity index (χ3v) is 3.06. The van der Waals surface area contributed by atoms with Crippen LogP contribution in [0.1, 0.15) is 12.5 Å². The summed E-state index contributed by atoms with van der Waals surface area (Å²) in [7, 11) is 1.37. The van der Waals surface area contributed by atoms with Crippen LogP contribution in [0.25, 0.3) is 0 Å². The highest BCUT2D eigenvalue weighted by atomic mass is 19.1. The Balaban J connectivity index is 1.89. The number of nitrogens with zero attached hydrogens (tertiary/aromatic N) is 1. The number of amides is 1. The summed E-state index contributed by atoms with van der Waals surface area (Å²) < 4.78 is 36.5. The van der Waals surface area contributed by atoms with Gasteiger partial charge in [-0.15, -0.1) is 0 Å². The number of halogens is 2. The van der Waals surface area contributed by atoms with Crippen LogP contribution in [0.4, 0.5) is 8.78 Å². The third kappa shape index (κ3) is 4.77. The molecule has 0 saturated carbocycles. The molecule has 7 heteroatoms. The number of carbonyl (C=O) groups is 1. The van der Waals surface area contributed by atoms with Gasteiger partial charge in [0, 0.05) is 0 Å². The van der Waals surface area contributed by atoms with Gasteiger partial charge in [-0.25, -0.2) is 14.2 Å². The Kier molecular flexibility index (Phi) is 5.83. The molecule has 1 amide bonds. The van der Waals surface area contributed by atoms with Gasteiger partial charge in [0.1, 0.15) is 11.6 Å². The topological polar surface area (TPSA) is 59.9 Å². The number of methoxy groups -OCH3 is 1. The van der Waals surface area contributed by atoms with E-state index in [1.165, 1.54) is 56.6 Å². The van der Waals surface area contributed by atoms with Gasteiger partial charge in [0.2, 0.25) is 0 Å². The fraction of sp³-hybridized carbons (Fsp3) is 0.176. The number of nitrogens with one attached hydrogen (secondary N) is 1. The molecule has 0 aromatic heterocycles. The number of carbonyl (C=O) groups excluding carboxylic acids is 1. The van der Waals surface area contributed by atoms with Crippen LogP contribution in [0.2, 0.25) is 0 Å². The van der Waals surface area contributed by atoms with E-state index in [-0.39, 0.29) is 5.75 Å². The number of hydrogen-bond donors (Lipinski definition) is 1. The molecule has 2 aromatic carbocycles. The molecule has 0 spiro atoms. The normalized spacial score (nSPS) is 12.0. The van der Waals surface area contributed by atoms with E-state index >= 15 is 0 Å². The van der Waals surface area contributed by atoms with Crippen molar-refractivity contribution in [1.82, 2.24) is 5.43 Å². The SMILES string of the molecule is COc1ccc(/C=N\NC(=O)[C@H](C)Oc2ccc(F)cc2)cc1F. The monoisotopic (exact) mass is 334 g/mol. The van der Waals surface area contributed by atoms with Crippen molar-refractivity contribution in [1.29, 1.82) is 0 Å². The van der Waals surface area contributed by atoms with E-state index < -0.39 is 23.6 Å². The number of hydrazone groups is 1. The number of hydrogen-bond acceptors (Lipinski definition) is 4. The quantitative estimate of drug-likeness (QED) is 0.653. The van der Waals surface area contributed by atoms with Crippen molar-refractivity contribution in [3.05, 3.63) is 59.7 Å². The maximum absolute atomic E-state index is 13.5. The first-order valence-corrected chi connectivity index (χ1v) is 7.08. The first-order chi connectivity index (χ1) is 11.5. The second-order valence-corrected chi connectivity index (χ2v) is 4.84. The molecular formula is C17H16F2N2O3. The van der Waals surface area contributed by atoms with Gasteiger partial charge in [0.25, 0.3) is 5.91 Å². The van der Waals surface area contributed by atoms with Crippen molar-refractivity contribution in [2.24, 2.45) is 5.10 Å². The predicted molar refractivity (Wildman–Crippen MR) is 85.2 cm³/mol. The summed E-state index contributed by atoms with van der Waals surface area (Å²) in [6.07, 6.45) is 0.464. The van der Waals surface area contributed by atoms with E-state index in [9.17, 15) is 13.6 Å². The number of benzene rings is 2. The summed E-state index contributed by atoms with van der Waals surface area (Å²) in [5, 5.41) is 3.74. The molecule has 1 atom stereocenters. The van der Waals surface area contributed by atoms with Gasteiger partial charge in [0.05, 0.1) is 13.3 Å². The zero-order valence-corrected chi connectivity index (χ0v) is 13.1. The average Bonchev–Trinajstić information content (AvgIpc) is 2.57. The van der Waals surface area contributed by atoms with Crippen LogP contribution in [0.15, 0.2) is 47.6 Å². The fourth-order valence-corrected chi connectivity index (χ4v) is 1.80. The van der Waals surface area contributed by atoms with Crippen LogP contribution in [-0.4, -0.2) is 25.3 Å². The number of rotatable bonds is 6. The lowest BCUT2D eigenvalue weighted by atomic mass is 10.2. The highest BCUT2D eigenvalue weighted by Crippen LogP contribution is 2.16. The highest BCUT2D eigenvalue weighted by Gasteiger charge is 2.13. The van der Waals surface area contributed by atoms with Gasteiger partial charge in [0.15, 0.2) is 17.7 Å². The molecule has 0 fully saturated rings. The largest absolute Gasteiger partial charge is 0.494 e.